The third kappa shape index (κ3) is 4.41. The van der Waals surface area contributed by atoms with E-state index in [1.54, 1.807) is 13.3 Å². The van der Waals surface area contributed by atoms with Crippen LogP contribution in [0.15, 0.2) is 47.2 Å². The lowest BCUT2D eigenvalue weighted by atomic mass is 9.89. The Morgan fingerprint density at radius 2 is 2.10 bits per heavy atom. The van der Waals surface area contributed by atoms with Crippen molar-refractivity contribution in [1.82, 2.24) is 15.3 Å². The molecule has 2 unspecified atom stereocenters. The number of dihydropyridines is 1. The van der Waals surface area contributed by atoms with Gasteiger partial charge >= 0.3 is 0 Å². The summed E-state index contributed by atoms with van der Waals surface area (Å²) in [5.41, 5.74) is 1.89. The molecule has 0 spiro atoms. The first-order valence-corrected chi connectivity index (χ1v) is 10.9. The highest BCUT2D eigenvalue weighted by Gasteiger charge is 2.38. The number of nitrogens with zero attached hydrogens (tertiary/aromatic N) is 4. The molecule has 4 rings (SSSR count). The van der Waals surface area contributed by atoms with Crippen LogP contribution in [0.4, 0.5) is 5.69 Å². The fourth-order valence-electron chi connectivity index (χ4n) is 4.51. The predicted octanol–water partition coefficient (Wildman–Crippen LogP) is 3.11. The molecule has 1 amide bonds. The van der Waals surface area contributed by atoms with Gasteiger partial charge in [-0.2, -0.15) is 0 Å². The lowest BCUT2D eigenvalue weighted by molar-refractivity contribution is -0.124. The maximum absolute atomic E-state index is 13.1. The van der Waals surface area contributed by atoms with Gasteiger partial charge in [0.15, 0.2) is 0 Å². The molecule has 1 aliphatic carbocycles. The number of rotatable bonds is 6. The number of ether oxygens (including phenoxy) is 1. The van der Waals surface area contributed by atoms with Gasteiger partial charge in [0.2, 0.25) is 11.8 Å². The largest absolute Gasteiger partial charge is 0.481 e. The van der Waals surface area contributed by atoms with Crippen LogP contribution in [0.5, 0.6) is 5.88 Å². The number of hydrogen-bond donors (Lipinski definition) is 1. The molecule has 1 fully saturated rings. The number of nitrogens with one attached hydrogen (secondary N) is 1. The summed E-state index contributed by atoms with van der Waals surface area (Å²) in [6.07, 6.45) is 16.8. The van der Waals surface area contributed by atoms with Gasteiger partial charge in [0.1, 0.15) is 6.04 Å². The van der Waals surface area contributed by atoms with E-state index in [2.05, 4.69) is 26.4 Å². The minimum atomic E-state index is -0.369. The van der Waals surface area contributed by atoms with E-state index in [1.165, 1.54) is 32.1 Å². The normalized spacial score (nSPS) is 24.7. The van der Waals surface area contributed by atoms with E-state index in [1.807, 2.05) is 42.6 Å². The molecule has 0 radical (unpaired) electrons. The first-order valence-electron chi connectivity index (χ1n) is 10.9. The molecule has 3 aliphatic rings. The van der Waals surface area contributed by atoms with Gasteiger partial charge < -0.3 is 10.1 Å². The maximum atomic E-state index is 13.1. The monoisotopic (exact) mass is 409 g/mol. The van der Waals surface area contributed by atoms with Gasteiger partial charge in [-0.15, -0.1) is 0 Å². The van der Waals surface area contributed by atoms with E-state index in [4.69, 9.17) is 4.74 Å². The number of hydrogen-bond acceptors (Lipinski definition) is 6. The predicted molar refractivity (Wildman–Crippen MR) is 119 cm³/mol. The minimum Gasteiger partial charge on any atom is -0.481 e. The Hall–Kier alpha value is -2.67. The van der Waals surface area contributed by atoms with Crippen molar-refractivity contribution < 1.29 is 9.53 Å². The van der Waals surface area contributed by atoms with Crippen molar-refractivity contribution in [3.63, 3.8) is 0 Å². The molecule has 1 aromatic rings. The Morgan fingerprint density at radius 1 is 1.27 bits per heavy atom. The number of methoxy groups -OCH3 is 1. The molecule has 1 saturated carbocycles. The number of carbonyl (C=O) groups excluding carboxylic acids is 1. The molecule has 7 nitrogen and oxygen atoms in total. The van der Waals surface area contributed by atoms with Crippen molar-refractivity contribution in [3.8, 4) is 5.88 Å². The summed E-state index contributed by atoms with van der Waals surface area (Å²) in [6, 6.07) is 3.41. The van der Waals surface area contributed by atoms with Gasteiger partial charge in [-0.05, 0) is 43.4 Å². The number of pyridine rings is 1. The maximum Gasteiger partial charge on any atom is 0.243 e. The number of amides is 1. The van der Waals surface area contributed by atoms with Gasteiger partial charge in [-0.25, -0.2) is 9.99 Å². The van der Waals surface area contributed by atoms with Crippen LogP contribution < -0.4 is 15.1 Å². The zero-order chi connectivity index (χ0) is 20.9. The third-order valence-electron chi connectivity index (χ3n) is 6.21. The van der Waals surface area contributed by atoms with E-state index in [-0.39, 0.29) is 18.0 Å². The molecule has 2 aliphatic heterocycles. The number of anilines is 1. The number of carbonyl (C=O) groups is 1. The molecule has 160 valence electrons. The van der Waals surface area contributed by atoms with Crippen molar-refractivity contribution in [3.05, 3.63) is 42.3 Å². The van der Waals surface area contributed by atoms with E-state index in [0.29, 0.717) is 11.8 Å². The number of allylic oxidation sites excluding steroid dienone is 1. The van der Waals surface area contributed by atoms with Gasteiger partial charge in [0, 0.05) is 25.9 Å². The van der Waals surface area contributed by atoms with Crippen molar-refractivity contribution in [2.24, 2.45) is 10.9 Å². The Morgan fingerprint density at radius 3 is 2.77 bits per heavy atom. The zero-order valence-corrected chi connectivity index (χ0v) is 17.8. The Labute approximate surface area is 178 Å². The van der Waals surface area contributed by atoms with Crippen LogP contribution in [0, 0.1) is 5.92 Å². The Bertz CT molecular complexity index is 827. The van der Waals surface area contributed by atoms with Crippen LogP contribution in [-0.2, 0) is 4.79 Å². The quantitative estimate of drug-likeness (QED) is 0.782. The number of aliphatic imine (C=N–C) groups is 1. The van der Waals surface area contributed by atoms with Gasteiger partial charge in [0.05, 0.1) is 30.7 Å². The summed E-state index contributed by atoms with van der Waals surface area (Å²) in [6.45, 7) is 0.765. The highest BCUT2D eigenvalue weighted by atomic mass is 16.5. The summed E-state index contributed by atoms with van der Waals surface area (Å²) in [5.74, 6) is 1.21. The molecule has 0 aromatic carbocycles. The fourth-order valence-corrected chi connectivity index (χ4v) is 4.51. The van der Waals surface area contributed by atoms with E-state index in [0.717, 1.165) is 24.4 Å². The second-order valence-corrected chi connectivity index (χ2v) is 8.21. The van der Waals surface area contributed by atoms with Crippen LogP contribution in [0.2, 0.25) is 0 Å². The highest BCUT2D eigenvalue weighted by molar-refractivity contribution is 5.85. The lowest BCUT2D eigenvalue weighted by Crippen LogP contribution is -2.48. The molecule has 2 atom stereocenters. The van der Waals surface area contributed by atoms with Crippen molar-refractivity contribution in [1.29, 1.82) is 0 Å². The van der Waals surface area contributed by atoms with Gasteiger partial charge in [0.25, 0.3) is 0 Å². The smallest absolute Gasteiger partial charge is 0.243 e. The van der Waals surface area contributed by atoms with E-state index >= 15 is 0 Å². The molecule has 3 heterocycles. The Balaban J connectivity index is 1.53. The molecule has 0 saturated heterocycles. The fraction of sp³-hybridized carbons (Fsp3) is 0.522. The molecular formula is C23H31N5O2. The summed E-state index contributed by atoms with van der Waals surface area (Å²) in [4.78, 5) is 22.1. The molecule has 1 N–H and O–H groups in total. The molecule has 30 heavy (non-hydrogen) atoms. The second kappa shape index (κ2) is 9.43. The van der Waals surface area contributed by atoms with Crippen LogP contribution in [0.3, 0.4) is 0 Å². The topological polar surface area (TPSA) is 70.1 Å². The summed E-state index contributed by atoms with van der Waals surface area (Å²) in [5, 5.41) is 7.23. The van der Waals surface area contributed by atoms with Gasteiger partial charge in [-0.3, -0.25) is 14.8 Å². The first kappa shape index (κ1) is 20.6. The van der Waals surface area contributed by atoms with E-state index < -0.39 is 0 Å². The van der Waals surface area contributed by atoms with Crippen molar-refractivity contribution in [2.45, 2.75) is 50.6 Å². The standard InChI is InChI=1S/C23H31N5O2/c1-27-21(23(29)26-15-17-8-4-3-5-9-17)14-20(19-10-6-7-13-24-19)28(27)18-11-12-22(30-2)25-16-18/h6-7,11-14,16-17,19,21H,3-5,8-10,15H2,1-2H3,(H,26,29). The van der Waals surface area contributed by atoms with Crippen LogP contribution in [0.1, 0.15) is 38.5 Å². The average molecular weight is 410 g/mol. The SMILES string of the molecule is COc1ccc(N2C(C3CC=CC=N3)=CC(C(=O)NCC3CCCCC3)N2C)cn1. The Kier molecular flexibility index (Phi) is 6.47. The molecule has 1 aromatic heterocycles. The average Bonchev–Trinajstić information content (AvgIpc) is 3.16. The lowest BCUT2D eigenvalue weighted by Gasteiger charge is -2.34. The summed E-state index contributed by atoms with van der Waals surface area (Å²) >= 11 is 0. The number of hydrazine groups is 1. The summed E-state index contributed by atoms with van der Waals surface area (Å²) < 4.78 is 5.20. The minimum absolute atomic E-state index is 0.0179. The molecular weight excluding hydrogens is 378 g/mol. The van der Waals surface area contributed by atoms with E-state index in [9.17, 15) is 4.79 Å². The molecule has 0 bridgehead atoms. The van der Waals surface area contributed by atoms with Crippen LogP contribution in [-0.4, -0.2) is 54.9 Å². The first-order chi connectivity index (χ1) is 14.7. The van der Waals surface area contributed by atoms with Crippen LogP contribution >= 0.6 is 0 Å². The number of aromatic nitrogens is 1. The third-order valence-corrected chi connectivity index (χ3v) is 6.21. The van der Waals surface area contributed by atoms with Gasteiger partial charge in [-0.1, -0.05) is 25.3 Å². The van der Waals surface area contributed by atoms with Crippen LogP contribution in [0.25, 0.3) is 0 Å². The molecule has 7 heteroatoms. The number of likely N-dealkylation sites (N-methyl/N-ethyl adjacent to an activating group) is 1. The second-order valence-electron chi connectivity index (χ2n) is 8.21. The summed E-state index contributed by atoms with van der Waals surface area (Å²) in [7, 11) is 3.55. The highest BCUT2D eigenvalue weighted by Crippen LogP contribution is 2.33. The van der Waals surface area contributed by atoms with Crippen molar-refractivity contribution in [2.75, 3.05) is 25.7 Å². The zero-order valence-electron chi connectivity index (χ0n) is 17.8. The van der Waals surface area contributed by atoms with Crippen molar-refractivity contribution >= 4 is 17.8 Å².